The van der Waals surface area contributed by atoms with Gasteiger partial charge in [-0.25, -0.2) is 9.78 Å². The molecule has 0 saturated carbocycles. The highest BCUT2D eigenvalue weighted by Crippen LogP contribution is 2.07. The highest BCUT2D eigenvalue weighted by atomic mass is 16.4. The van der Waals surface area contributed by atoms with Crippen molar-refractivity contribution in [2.75, 3.05) is 0 Å². The van der Waals surface area contributed by atoms with E-state index in [1.54, 1.807) is 6.08 Å². The minimum atomic E-state index is -1.13. The van der Waals surface area contributed by atoms with E-state index in [0.29, 0.717) is 12.2 Å². The number of rotatable bonds is 4. The predicted molar refractivity (Wildman–Crippen MR) is 45.3 cm³/mol. The summed E-state index contributed by atoms with van der Waals surface area (Å²) in [5, 5.41) is 17.6. The fourth-order valence-electron chi connectivity index (χ4n) is 1.05. The second-order valence-electron chi connectivity index (χ2n) is 2.44. The Labute approximate surface area is 75.0 Å². The summed E-state index contributed by atoms with van der Waals surface area (Å²) in [6.45, 7) is 3.61. The molecule has 13 heavy (non-hydrogen) atoms. The molecule has 5 heteroatoms. The number of carbonyl (C=O) groups is 1. The van der Waals surface area contributed by atoms with Gasteiger partial charge in [0.1, 0.15) is 0 Å². The van der Waals surface area contributed by atoms with Crippen LogP contribution in [0.2, 0.25) is 0 Å². The Hall–Kier alpha value is -1.62. The van der Waals surface area contributed by atoms with Gasteiger partial charge in [-0.2, -0.15) is 0 Å². The number of hydrogen-bond acceptors (Lipinski definition) is 3. The van der Waals surface area contributed by atoms with Crippen molar-refractivity contribution in [3.8, 4) is 0 Å². The van der Waals surface area contributed by atoms with E-state index in [-0.39, 0.29) is 12.3 Å². The molecule has 0 bridgehead atoms. The molecule has 0 aliphatic heterocycles. The number of imidazole rings is 1. The van der Waals surface area contributed by atoms with Gasteiger partial charge >= 0.3 is 5.97 Å². The first-order chi connectivity index (χ1) is 6.20. The monoisotopic (exact) mass is 182 g/mol. The smallest absolute Gasteiger partial charge is 0.356 e. The van der Waals surface area contributed by atoms with Crippen LogP contribution in [0, 0.1) is 0 Å². The Morgan fingerprint density at radius 1 is 1.77 bits per heavy atom. The number of aliphatic hydroxyl groups is 1. The number of aromatic nitrogens is 2. The molecule has 70 valence electrons. The van der Waals surface area contributed by atoms with E-state index in [0.717, 1.165) is 0 Å². The number of nitrogens with zero attached hydrogens (tertiary/aromatic N) is 2. The zero-order valence-corrected chi connectivity index (χ0v) is 6.97. The Morgan fingerprint density at radius 2 is 2.46 bits per heavy atom. The Balaban J connectivity index is 3.09. The first-order valence-corrected chi connectivity index (χ1v) is 3.69. The van der Waals surface area contributed by atoms with E-state index < -0.39 is 5.97 Å². The lowest BCUT2D eigenvalue weighted by molar-refractivity contribution is 0.0687. The molecular weight excluding hydrogens is 172 g/mol. The van der Waals surface area contributed by atoms with E-state index >= 15 is 0 Å². The number of hydrogen-bond donors (Lipinski definition) is 2. The molecule has 1 rings (SSSR count). The van der Waals surface area contributed by atoms with E-state index in [1.807, 2.05) is 0 Å². The second-order valence-corrected chi connectivity index (χ2v) is 2.44. The molecule has 0 unspecified atom stereocenters. The lowest BCUT2D eigenvalue weighted by atomic mass is 10.3. The van der Waals surface area contributed by atoms with Crippen LogP contribution in [0.4, 0.5) is 0 Å². The molecule has 1 aromatic heterocycles. The van der Waals surface area contributed by atoms with Crippen LogP contribution in [0.3, 0.4) is 0 Å². The standard InChI is InChI=1S/C8H10N2O3/c1-2-3-10-5-9-7(8(12)13)6(10)4-11/h2,5,11H,1,3-4H2,(H,12,13). The topological polar surface area (TPSA) is 75.4 Å². The summed E-state index contributed by atoms with van der Waals surface area (Å²) in [4.78, 5) is 14.2. The van der Waals surface area contributed by atoms with Crippen molar-refractivity contribution in [1.29, 1.82) is 0 Å². The van der Waals surface area contributed by atoms with E-state index in [2.05, 4.69) is 11.6 Å². The Bertz CT molecular complexity index is 330. The van der Waals surface area contributed by atoms with Crippen LogP contribution in [0.5, 0.6) is 0 Å². The van der Waals surface area contributed by atoms with Crippen LogP contribution >= 0.6 is 0 Å². The Morgan fingerprint density at radius 3 is 2.92 bits per heavy atom. The van der Waals surface area contributed by atoms with Crippen molar-refractivity contribution in [2.24, 2.45) is 0 Å². The van der Waals surface area contributed by atoms with Crippen LogP contribution in [-0.4, -0.2) is 25.7 Å². The molecule has 0 aromatic carbocycles. The summed E-state index contributed by atoms with van der Waals surface area (Å²) in [7, 11) is 0. The molecule has 1 aromatic rings. The first kappa shape index (κ1) is 9.47. The van der Waals surface area contributed by atoms with Gasteiger partial charge in [-0.15, -0.1) is 6.58 Å². The molecular formula is C8H10N2O3. The molecule has 0 spiro atoms. The van der Waals surface area contributed by atoms with Crippen molar-refractivity contribution < 1.29 is 15.0 Å². The minimum absolute atomic E-state index is 0.107. The van der Waals surface area contributed by atoms with Gasteiger partial charge in [-0.3, -0.25) is 0 Å². The quantitative estimate of drug-likeness (QED) is 0.655. The second kappa shape index (κ2) is 3.86. The van der Waals surface area contributed by atoms with Crippen molar-refractivity contribution in [2.45, 2.75) is 13.2 Å². The van der Waals surface area contributed by atoms with Crippen LogP contribution in [0.25, 0.3) is 0 Å². The van der Waals surface area contributed by atoms with Crippen molar-refractivity contribution >= 4 is 5.97 Å². The predicted octanol–water partition coefficient (Wildman–Crippen LogP) is 0.260. The van der Waals surface area contributed by atoms with E-state index in [4.69, 9.17) is 10.2 Å². The van der Waals surface area contributed by atoms with Gasteiger partial charge in [0.05, 0.1) is 18.6 Å². The van der Waals surface area contributed by atoms with Gasteiger partial charge in [0, 0.05) is 6.54 Å². The van der Waals surface area contributed by atoms with Crippen molar-refractivity contribution in [3.63, 3.8) is 0 Å². The zero-order chi connectivity index (χ0) is 9.84. The number of carboxylic acids is 1. The number of carboxylic acid groups (broad SMARTS) is 1. The summed E-state index contributed by atoms with van der Waals surface area (Å²) >= 11 is 0. The maximum absolute atomic E-state index is 10.6. The van der Waals surface area contributed by atoms with Crippen molar-refractivity contribution in [3.05, 3.63) is 30.4 Å². The molecule has 2 N–H and O–H groups in total. The SMILES string of the molecule is C=CCn1cnc(C(=O)O)c1CO. The molecule has 0 aliphatic carbocycles. The molecule has 0 amide bonds. The van der Waals surface area contributed by atoms with Gasteiger partial charge in [0.25, 0.3) is 0 Å². The van der Waals surface area contributed by atoms with Crippen molar-refractivity contribution in [1.82, 2.24) is 9.55 Å². The van der Waals surface area contributed by atoms with Crippen LogP contribution in [-0.2, 0) is 13.2 Å². The fraction of sp³-hybridized carbons (Fsp3) is 0.250. The fourth-order valence-corrected chi connectivity index (χ4v) is 1.05. The van der Waals surface area contributed by atoms with Gasteiger partial charge in [0.15, 0.2) is 5.69 Å². The largest absolute Gasteiger partial charge is 0.476 e. The number of aromatic carboxylic acids is 1. The summed E-state index contributed by atoms with van der Waals surface area (Å²) in [5.41, 5.74) is 0.191. The summed E-state index contributed by atoms with van der Waals surface area (Å²) in [6, 6.07) is 0. The highest BCUT2D eigenvalue weighted by molar-refractivity contribution is 5.86. The average molecular weight is 182 g/mol. The maximum atomic E-state index is 10.6. The summed E-state index contributed by atoms with van der Waals surface area (Å²) in [5.74, 6) is -1.13. The van der Waals surface area contributed by atoms with Gasteiger partial charge in [-0.1, -0.05) is 6.08 Å². The van der Waals surface area contributed by atoms with Crippen LogP contribution < -0.4 is 0 Å². The Kier molecular flexibility index (Phi) is 2.81. The third-order valence-corrected chi connectivity index (χ3v) is 1.62. The molecule has 0 fully saturated rings. The third kappa shape index (κ3) is 1.75. The van der Waals surface area contributed by atoms with E-state index in [9.17, 15) is 4.79 Å². The number of aliphatic hydroxyl groups excluding tert-OH is 1. The van der Waals surface area contributed by atoms with Gasteiger partial charge in [0.2, 0.25) is 0 Å². The van der Waals surface area contributed by atoms with E-state index in [1.165, 1.54) is 10.9 Å². The highest BCUT2D eigenvalue weighted by Gasteiger charge is 2.15. The zero-order valence-electron chi connectivity index (χ0n) is 6.97. The molecule has 0 atom stereocenters. The summed E-state index contributed by atoms with van der Waals surface area (Å²) < 4.78 is 1.54. The molecule has 1 heterocycles. The molecule has 0 aliphatic rings. The lowest BCUT2D eigenvalue weighted by Gasteiger charge is -2.01. The third-order valence-electron chi connectivity index (χ3n) is 1.62. The first-order valence-electron chi connectivity index (χ1n) is 3.69. The van der Waals surface area contributed by atoms with Gasteiger partial charge in [-0.05, 0) is 0 Å². The average Bonchev–Trinajstić information content (AvgIpc) is 2.48. The van der Waals surface area contributed by atoms with Crippen LogP contribution in [0.1, 0.15) is 16.2 Å². The van der Waals surface area contributed by atoms with Crippen LogP contribution in [0.15, 0.2) is 19.0 Å². The molecule has 0 radical (unpaired) electrons. The van der Waals surface area contributed by atoms with Gasteiger partial charge < -0.3 is 14.8 Å². The maximum Gasteiger partial charge on any atom is 0.356 e. The normalized spacial score (nSPS) is 9.92. The lowest BCUT2D eigenvalue weighted by Crippen LogP contribution is -2.06. The number of allylic oxidation sites excluding steroid dienone is 1. The molecule has 0 saturated heterocycles. The molecule has 5 nitrogen and oxygen atoms in total. The summed E-state index contributed by atoms with van der Waals surface area (Å²) in [6.07, 6.45) is 2.98. The minimum Gasteiger partial charge on any atom is -0.476 e.